The molecule has 0 amide bonds. The fourth-order valence-electron chi connectivity index (χ4n) is 4.59. The maximum absolute atomic E-state index is 11.8. The van der Waals surface area contributed by atoms with E-state index < -0.39 is 6.04 Å². The Labute approximate surface area is 236 Å². The van der Waals surface area contributed by atoms with Gasteiger partial charge in [-0.15, -0.1) is 11.8 Å². The number of carbonyl (C=O) groups excluding carboxylic acids is 2. The molecule has 0 bridgehead atoms. The van der Waals surface area contributed by atoms with Crippen LogP contribution in [0.2, 0.25) is 0 Å². The Hall–Kier alpha value is -1.51. The molecule has 0 spiro atoms. The largest absolute Gasteiger partial charge is 1.00 e. The number of Topliss-reactive ketones (excluding diaryl/α,β-unsaturated/α-hetero) is 1. The third kappa shape index (κ3) is 7.26. The first-order valence-electron chi connectivity index (χ1n) is 11.7. The Morgan fingerprint density at radius 2 is 1.71 bits per heavy atom. The molecular formula is C27H36NNaO5S. The zero-order valence-electron chi connectivity index (χ0n) is 22.7. The number of thioether (sulfide) groups is 1. The van der Waals surface area contributed by atoms with Gasteiger partial charge in [0, 0.05) is 16.7 Å². The summed E-state index contributed by atoms with van der Waals surface area (Å²) in [6.07, 6.45) is 3.98. The molecule has 2 unspecified atom stereocenters. The summed E-state index contributed by atoms with van der Waals surface area (Å²) >= 11 is 1.68. The van der Waals surface area contributed by atoms with Gasteiger partial charge in [0.15, 0.2) is 6.29 Å². The Morgan fingerprint density at radius 1 is 1.06 bits per heavy atom. The van der Waals surface area contributed by atoms with Crippen LogP contribution in [0.3, 0.4) is 0 Å². The van der Waals surface area contributed by atoms with Gasteiger partial charge in [-0.25, -0.2) is 0 Å². The Kier molecular flexibility index (Phi) is 12.1. The van der Waals surface area contributed by atoms with Gasteiger partial charge in [-0.3, -0.25) is 14.9 Å². The molecule has 8 heteroatoms. The molecule has 2 aromatic carbocycles. The number of ether oxygens (including phenoxy) is 3. The minimum atomic E-state index is -0.391. The molecule has 1 saturated heterocycles. The van der Waals surface area contributed by atoms with E-state index in [1.54, 1.807) is 26.0 Å². The number of hydrogen-bond donors (Lipinski definition) is 1. The van der Waals surface area contributed by atoms with Crippen LogP contribution in [-0.2, 0) is 22.4 Å². The van der Waals surface area contributed by atoms with Gasteiger partial charge in [-0.1, -0.05) is 12.1 Å². The van der Waals surface area contributed by atoms with Gasteiger partial charge < -0.3 is 15.6 Å². The molecule has 186 valence electrons. The topological polar surface area (TPSA) is 73.9 Å². The van der Waals surface area contributed by atoms with Gasteiger partial charge in [-0.05, 0) is 80.8 Å². The number of methoxy groups -OCH3 is 2. The van der Waals surface area contributed by atoms with Crippen LogP contribution in [0.5, 0.6) is 17.2 Å². The fourth-order valence-corrected chi connectivity index (χ4v) is 5.82. The van der Waals surface area contributed by atoms with Crippen LogP contribution in [0, 0.1) is 20.8 Å². The number of aldehydes is 1. The van der Waals surface area contributed by atoms with Crippen molar-refractivity contribution < 1.29 is 54.8 Å². The van der Waals surface area contributed by atoms with Crippen molar-refractivity contribution in [2.45, 2.75) is 57.7 Å². The second-order valence-electron chi connectivity index (χ2n) is 8.63. The van der Waals surface area contributed by atoms with Crippen molar-refractivity contribution in [2.24, 2.45) is 0 Å². The van der Waals surface area contributed by atoms with Gasteiger partial charge in [-0.2, -0.15) is 0 Å². The number of carbonyl (C=O) groups is 2. The fraction of sp³-hybridized carbons (Fsp3) is 0.481. The van der Waals surface area contributed by atoms with Crippen LogP contribution >= 0.6 is 11.8 Å². The predicted molar refractivity (Wildman–Crippen MR) is 138 cm³/mol. The van der Waals surface area contributed by atoms with E-state index >= 15 is 0 Å². The second-order valence-corrected chi connectivity index (χ2v) is 9.85. The summed E-state index contributed by atoms with van der Waals surface area (Å²) in [4.78, 5) is 22.6. The van der Waals surface area contributed by atoms with Gasteiger partial charge >= 0.3 is 29.6 Å². The Balaban J connectivity index is 0.00000324. The van der Waals surface area contributed by atoms with Crippen molar-refractivity contribution in [1.82, 2.24) is 5.32 Å². The SMILES string of the molecule is COc1c(C)c(C)c(OC)c(CCCCOc2ccc(CC3SCNC3C(=O)C=O)cc2)c1C.[H-].[Na+]. The number of rotatable bonds is 12. The van der Waals surface area contributed by atoms with Gasteiger partial charge in [0.1, 0.15) is 17.2 Å². The summed E-state index contributed by atoms with van der Waals surface area (Å²) < 4.78 is 17.3. The van der Waals surface area contributed by atoms with Crippen LogP contribution < -0.4 is 49.1 Å². The summed E-state index contributed by atoms with van der Waals surface area (Å²) in [6.45, 7) is 6.88. The normalized spacial score (nSPS) is 16.9. The average molecular weight is 510 g/mol. The smallest absolute Gasteiger partial charge is 1.00 e. The predicted octanol–water partition coefficient (Wildman–Crippen LogP) is 1.49. The summed E-state index contributed by atoms with van der Waals surface area (Å²) in [5.41, 5.74) is 5.73. The van der Waals surface area contributed by atoms with Crippen molar-refractivity contribution in [2.75, 3.05) is 26.7 Å². The second kappa shape index (κ2) is 14.3. The van der Waals surface area contributed by atoms with Crippen molar-refractivity contribution >= 4 is 23.8 Å². The summed E-state index contributed by atoms with van der Waals surface area (Å²) in [6, 6.07) is 7.62. The van der Waals surface area contributed by atoms with E-state index in [1.807, 2.05) is 24.3 Å². The number of benzene rings is 2. The molecule has 1 aliphatic heterocycles. The number of unbranched alkanes of at least 4 members (excludes halogenated alkanes) is 1. The molecule has 1 heterocycles. The van der Waals surface area contributed by atoms with Crippen LogP contribution in [0.1, 0.15) is 42.1 Å². The molecule has 0 aliphatic carbocycles. The van der Waals surface area contributed by atoms with E-state index in [0.29, 0.717) is 18.8 Å². The number of hydrogen-bond acceptors (Lipinski definition) is 7. The molecule has 2 aromatic rings. The summed E-state index contributed by atoms with van der Waals surface area (Å²) in [7, 11) is 3.45. The Bertz CT molecular complexity index is 1020. The van der Waals surface area contributed by atoms with Crippen molar-refractivity contribution in [3.05, 3.63) is 52.1 Å². The van der Waals surface area contributed by atoms with Crippen LogP contribution in [0.25, 0.3) is 0 Å². The standard InChI is InChI=1S/C27H35NO5S.Na.H/c1-17-18(2)27(32-5)22(19(3)26(17)31-4)8-6-7-13-33-21-11-9-20(10-12-21)14-24-25(23(30)15-29)28-16-34-24;;/h9-12,15,24-25,28H,6-8,13-14,16H2,1-5H3;;/q;+1;-1. The third-order valence-corrected chi connectivity index (χ3v) is 7.76. The number of nitrogens with one attached hydrogen (secondary N) is 1. The van der Waals surface area contributed by atoms with E-state index in [0.717, 1.165) is 65.2 Å². The van der Waals surface area contributed by atoms with E-state index in [2.05, 4.69) is 26.1 Å². The molecule has 0 radical (unpaired) electrons. The van der Waals surface area contributed by atoms with E-state index in [-0.39, 0.29) is 42.0 Å². The van der Waals surface area contributed by atoms with Crippen LogP contribution in [0.15, 0.2) is 24.3 Å². The molecule has 1 N–H and O–H groups in total. The Morgan fingerprint density at radius 3 is 2.34 bits per heavy atom. The van der Waals surface area contributed by atoms with Gasteiger partial charge in [0.05, 0.1) is 26.9 Å². The molecule has 1 aliphatic rings. The first-order valence-corrected chi connectivity index (χ1v) is 12.7. The van der Waals surface area contributed by atoms with Gasteiger partial charge in [0.25, 0.3) is 0 Å². The molecule has 35 heavy (non-hydrogen) atoms. The van der Waals surface area contributed by atoms with Gasteiger partial charge in [0.2, 0.25) is 5.78 Å². The molecule has 0 saturated carbocycles. The quantitative estimate of drug-likeness (QED) is 0.201. The minimum absolute atomic E-state index is 0. The monoisotopic (exact) mass is 509 g/mol. The van der Waals surface area contributed by atoms with Crippen molar-refractivity contribution in [1.29, 1.82) is 0 Å². The molecule has 0 aromatic heterocycles. The zero-order valence-corrected chi connectivity index (χ0v) is 24.6. The molecular weight excluding hydrogens is 473 g/mol. The first-order chi connectivity index (χ1) is 16.4. The van der Waals surface area contributed by atoms with E-state index in [9.17, 15) is 9.59 Å². The average Bonchev–Trinajstić information content (AvgIpc) is 3.31. The summed E-state index contributed by atoms with van der Waals surface area (Å²) in [5.74, 6) is 3.06. The van der Waals surface area contributed by atoms with Crippen LogP contribution in [-0.4, -0.2) is 50.1 Å². The van der Waals surface area contributed by atoms with Crippen molar-refractivity contribution in [3.63, 3.8) is 0 Å². The minimum Gasteiger partial charge on any atom is -1.00 e. The van der Waals surface area contributed by atoms with E-state index in [4.69, 9.17) is 14.2 Å². The van der Waals surface area contributed by atoms with E-state index in [1.165, 1.54) is 5.56 Å². The van der Waals surface area contributed by atoms with Crippen molar-refractivity contribution in [3.8, 4) is 17.2 Å². The number of ketones is 1. The summed E-state index contributed by atoms with van der Waals surface area (Å²) in [5, 5.41) is 3.18. The zero-order chi connectivity index (χ0) is 24.7. The molecule has 1 fully saturated rings. The van der Waals surface area contributed by atoms with Crippen LogP contribution in [0.4, 0.5) is 0 Å². The molecule has 6 nitrogen and oxygen atoms in total. The first kappa shape index (κ1) is 29.7. The molecule has 2 atom stereocenters. The molecule has 3 rings (SSSR count). The maximum atomic E-state index is 11.8. The third-order valence-electron chi connectivity index (χ3n) is 6.56. The maximum Gasteiger partial charge on any atom is 1.00 e.